The normalized spacial score (nSPS) is 14.6. The van der Waals surface area contributed by atoms with Crippen LogP contribution in [0, 0.1) is 11.3 Å². The molecule has 0 bridgehead atoms. The predicted octanol–water partition coefficient (Wildman–Crippen LogP) is 0.983. The Morgan fingerprint density at radius 3 is 2.27 bits per heavy atom. The Morgan fingerprint density at radius 2 is 1.73 bits per heavy atom. The molecule has 1 aromatic rings. The minimum absolute atomic E-state index is 0.0454. The number of rotatable bonds is 7. The van der Waals surface area contributed by atoms with E-state index >= 15 is 0 Å². The number of piperazine rings is 1. The summed E-state index contributed by atoms with van der Waals surface area (Å²) < 4.78 is 0. The van der Waals surface area contributed by atoms with Gasteiger partial charge < -0.3 is 15.1 Å². The van der Waals surface area contributed by atoms with E-state index < -0.39 is 0 Å². The molecule has 1 heterocycles. The van der Waals surface area contributed by atoms with Gasteiger partial charge >= 0.3 is 0 Å². The molecule has 7 nitrogen and oxygen atoms in total. The van der Waals surface area contributed by atoms with E-state index in [1.165, 1.54) is 0 Å². The highest BCUT2D eigenvalue weighted by molar-refractivity contribution is 5.81. The molecular formula is C19H27N5O2. The lowest BCUT2D eigenvalue weighted by Gasteiger charge is -2.35. The highest BCUT2D eigenvalue weighted by Crippen LogP contribution is 2.09. The number of hydrogen-bond donors (Lipinski definition) is 1. The molecule has 1 fully saturated rings. The van der Waals surface area contributed by atoms with Gasteiger partial charge in [-0.3, -0.25) is 14.5 Å². The van der Waals surface area contributed by atoms with Crippen molar-refractivity contribution in [3.8, 4) is 6.07 Å². The molecule has 0 atom stereocenters. The summed E-state index contributed by atoms with van der Waals surface area (Å²) in [5.74, 6) is 0.196. The lowest BCUT2D eigenvalue weighted by atomic mass is 10.2. The van der Waals surface area contributed by atoms with Crippen molar-refractivity contribution in [2.24, 2.45) is 0 Å². The van der Waals surface area contributed by atoms with Gasteiger partial charge in [-0.2, -0.15) is 5.26 Å². The molecule has 140 valence electrons. The third kappa shape index (κ3) is 5.46. The lowest BCUT2D eigenvalue weighted by molar-refractivity contribution is -0.134. The number of likely N-dealkylation sites (N-methyl/N-ethyl adjacent to an activating group) is 1. The molecular weight excluding hydrogens is 330 g/mol. The Hall–Kier alpha value is -2.59. The van der Waals surface area contributed by atoms with Crippen molar-refractivity contribution < 1.29 is 9.59 Å². The van der Waals surface area contributed by atoms with Crippen molar-refractivity contribution in [1.29, 1.82) is 5.26 Å². The van der Waals surface area contributed by atoms with Gasteiger partial charge in [0.25, 0.3) is 0 Å². The fourth-order valence-corrected chi connectivity index (χ4v) is 2.98. The maximum Gasteiger partial charge on any atom is 0.241 e. The van der Waals surface area contributed by atoms with Gasteiger partial charge in [0, 0.05) is 45.0 Å². The molecule has 2 amide bonds. The van der Waals surface area contributed by atoms with Crippen LogP contribution >= 0.6 is 0 Å². The van der Waals surface area contributed by atoms with E-state index in [4.69, 9.17) is 5.26 Å². The van der Waals surface area contributed by atoms with E-state index in [1.807, 2.05) is 23.6 Å². The minimum Gasteiger partial charge on any atom is -0.376 e. The van der Waals surface area contributed by atoms with Crippen LogP contribution in [0.3, 0.4) is 0 Å². The predicted molar refractivity (Wildman–Crippen MR) is 101 cm³/mol. The van der Waals surface area contributed by atoms with Crippen LogP contribution in [0.4, 0.5) is 5.69 Å². The number of nitrogens with zero attached hydrogens (tertiary/aromatic N) is 4. The summed E-state index contributed by atoms with van der Waals surface area (Å²) in [7, 11) is 0. The van der Waals surface area contributed by atoms with Gasteiger partial charge in [0.1, 0.15) is 0 Å². The van der Waals surface area contributed by atoms with Crippen molar-refractivity contribution in [3.05, 3.63) is 29.8 Å². The van der Waals surface area contributed by atoms with Crippen molar-refractivity contribution in [2.45, 2.75) is 13.8 Å². The SMILES string of the molecule is CCN(CC)C(=O)CN1CCN(C(=O)CNc2ccc(C#N)cc2)CC1. The van der Waals surface area contributed by atoms with Gasteiger partial charge in [0.15, 0.2) is 0 Å². The van der Waals surface area contributed by atoms with Gasteiger partial charge in [-0.25, -0.2) is 0 Å². The zero-order chi connectivity index (χ0) is 18.9. The summed E-state index contributed by atoms with van der Waals surface area (Å²) in [6.45, 7) is 8.79. The Morgan fingerprint density at radius 1 is 1.12 bits per heavy atom. The second-order valence-corrected chi connectivity index (χ2v) is 6.27. The number of nitrogens with one attached hydrogen (secondary N) is 1. The van der Waals surface area contributed by atoms with Crippen molar-refractivity contribution in [2.75, 3.05) is 57.7 Å². The average molecular weight is 357 g/mol. The van der Waals surface area contributed by atoms with Crippen LogP contribution in [-0.2, 0) is 9.59 Å². The summed E-state index contributed by atoms with van der Waals surface area (Å²) in [6.07, 6.45) is 0. The molecule has 26 heavy (non-hydrogen) atoms. The smallest absolute Gasteiger partial charge is 0.241 e. The maximum absolute atomic E-state index is 12.3. The molecule has 1 aromatic carbocycles. The topological polar surface area (TPSA) is 79.7 Å². The first kappa shape index (κ1) is 19.7. The molecule has 1 saturated heterocycles. The van der Waals surface area contributed by atoms with E-state index in [0.29, 0.717) is 25.2 Å². The van der Waals surface area contributed by atoms with Crippen LogP contribution in [0.5, 0.6) is 0 Å². The Labute approximate surface area is 155 Å². The first-order valence-electron chi connectivity index (χ1n) is 9.09. The van der Waals surface area contributed by atoms with E-state index in [9.17, 15) is 9.59 Å². The van der Waals surface area contributed by atoms with Crippen LogP contribution in [0.2, 0.25) is 0 Å². The largest absolute Gasteiger partial charge is 0.376 e. The molecule has 2 rings (SSSR count). The molecule has 7 heteroatoms. The van der Waals surface area contributed by atoms with Crippen molar-refractivity contribution in [1.82, 2.24) is 14.7 Å². The standard InChI is InChI=1S/C19H27N5O2/c1-3-23(4-2)19(26)15-22-9-11-24(12-10-22)18(25)14-21-17-7-5-16(13-20)6-8-17/h5-8,21H,3-4,9-12,14-15H2,1-2H3. The molecule has 1 aliphatic heterocycles. The van der Waals surface area contributed by atoms with Crippen LogP contribution in [0.15, 0.2) is 24.3 Å². The highest BCUT2D eigenvalue weighted by atomic mass is 16.2. The highest BCUT2D eigenvalue weighted by Gasteiger charge is 2.23. The maximum atomic E-state index is 12.3. The zero-order valence-electron chi connectivity index (χ0n) is 15.6. The van der Waals surface area contributed by atoms with Crippen LogP contribution in [0.25, 0.3) is 0 Å². The first-order valence-corrected chi connectivity index (χ1v) is 9.09. The Bertz CT molecular complexity index is 641. The molecule has 0 radical (unpaired) electrons. The summed E-state index contributed by atoms with van der Waals surface area (Å²) in [6, 6.07) is 9.10. The number of carbonyl (C=O) groups excluding carboxylic acids is 2. The lowest BCUT2D eigenvalue weighted by Crippen LogP contribution is -2.52. The molecule has 0 aromatic heterocycles. The second-order valence-electron chi connectivity index (χ2n) is 6.27. The Kier molecular flexibility index (Phi) is 7.42. The van der Waals surface area contributed by atoms with Crippen LogP contribution in [0.1, 0.15) is 19.4 Å². The Balaban J connectivity index is 1.73. The van der Waals surface area contributed by atoms with Gasteiger partial charge in [-0.15, -0.1) is 0 Å². The monoisotopic (exact) mass is 357 g/mol. The summed E-state index contributed by atoms with van der Waals surface area (Å²) >= 11 is 0. The molecule has 1 aliphatic rings. The summed E-state index contributed by atoms with van der Waals surface area (Å²) in [5, 5.41) is 11.9. The molecule has 0 saturated carbocycles. The average Bonchev–Trinajstić information content (AvgIpc) is 2.68. The number of amides is 2. The van der Waals surface area contributed by atoms with Gasteiger partial charge in [-0.05, 0) is 38.1 Å². The van der Waals surface area contributed by atoms with E-state index in [1.54, 1.807) is 24.3 Å². The van der Waals surface area contributed by atoms with E-state index in [2.05, 4.69) is 16.3 Å². The molecule has 0 aliphatic carbocycles. The van der Waals surface area contributed by atoms with E-state index in [-0.39, 0.29) is 18.4 Å². The molecule has 0 unspecified atom stereocenters. The molecule has 1 N–H and O–H groups in total. The number of hydrogen-bond acceptors (Lipinski definition) is 5. The minimum atomic E-state index is 0.0454. The number of carbonyl (C=O) groups is 2. The summed E-state index contributed by atoms with van der Waals surface area (Å²) in [4.78, 5) is 30.3. The van der Waals surface area contributed by atoms with Crippen LogP contribution < -0.4 is 5.32 Å². The fraction of sp³-hybridized carbons (Fsp3) is 0.526. The quantitative estimate of drug-likeness (QED) is 0.787. The fourth-order valence-electron chi connectivity index (χ4n) is 2.98. The zero-order valence-corrected chi connectivity index (χ0v) is 15.6. The van der Waals surface area contributed by atoms with Crippen LogP contribution in [-0.4, -0.2) is 78.9 Å². The van der Waals surface area contributed by atoms with Crippen molar-refractivity contribution >= 4 is 17.5 Å². The number of anilines is 1. The third-order valence-electron chi connectivity index (χ3n) is 4.66. The number of benzene rings is 1. The third-order valence-corrected chi connectivity index (χ3v) is 4.66. The number of nitriles is 1. The summed E-state index contributed by atoms with van der Waals surface area (Å²) in [5.41, 5.74) is 1.41. The van der Waals surface area contributed by atoms with Gasteiger partial charge in [0.2, 0.25) is 11.8 Å². The molecule has 0 spiro atoms. The van der Waals surface area contributed by atoms with Gasteiger partial charge in [0.05, 0.1) is 24.7 Å². The second kappa shape index (κ2) is 9.78. The first-order chi connectivity index (χ1) is 12.6. The van der Waals surface area contributed by atoms with Gasteiger partial charge in [-0.1, -0.05) is 0 Å². The van der Waals surface area contributed by atoms with Crippen molar-refractivity contribution in [3.63, 3.8) is 0 Å². The van der Waals surface area contributed by atoms with E-state index in [0.717, 1.165) is 31.9 Å².